The Balaban J connectivity index is 2.63. The molecule has 14 heavy (non-hydrogen) atoms. The van der Waals surface area contributed by atoms with E-state index < -0.39 is 0 Å². The third kappa shape index (κ3) is 3.02. The molecule has 1 atom stereocenters. The van der Waals surface area contributed by atoms with E-state index in [0.29, 0.717) is 5.92 Å². The summed E-state index contributed by atoms with van der Waals surface area (Å²) in [5.41, 5.74) is 2.87. The van der Waals surface area contributed by atoms with Gasteiger partial charge >= 0.3 is 0 Å². The maximum absolute atomic E-state index is 3.73. The van der Waals surface area contributed by atoms with Gasteiger partial charge in [0.05, 0.1) is 0 Å². The summed E-state index contributed by atoms with van der Waals surface area (Å²) in [7, 11) is 0. The largest absolute Gasteiger partial charge is 0.103 e. The fourth-order valence-corrected chi connectivity index (χ4v) is 1.52. The van der Waals surface area contributed by atoms with E-state index in [2.05, 4.69) is 44.7 Å². The molecule has 1 rings (SSSR count). The lowest BCUT2D eigenvalue weighted by Crippen LogP contribution is -1.91. The first-order chi connectivity index (χ1) is 6.77. The first kappa shape index (κ1) is 11.0. The molecule has 0 aliphatic rings. The van der Waals surface area contributed by atoms with Crippen LogP contribution >= 0.6 is 0 Å². The molecule has 0 bridgehead atoms. The molecule has 0 nitrogen and oxygen atoms in total. The standard InChI is InChI=1S/C14H20/c1-4-6-7-13-8-10-14(11-9-13)12(3)5-2/h4,8-12H,1,5-7H2,2-3H3. The second kappa shape index (κ2) is 5.64. The van der Waals surface area contributed by atoms with Crippen LogP contribution in [0.4, 0.5) is 0 Å². The molecule has 0 aromatic heterocycles. The van der Waals surface area contributed by atoms with Crippen molar-refractivity contribution < 1.29 is 0 Å². The summed E-state index contributed by atoms with van der Waals surface area (Å²) in [6.07, 6.45) is 5.38. The summed E-state index contributed by atoms with van der Waals surface area (Å²) in [5.74, 6) is 0.684. The molecule has 0 radical (unpaired) electrons. The van der Waals surface area contributed by atoms with Gasteiger partial charge in [-0.1, -0.05) is 44.2 Å². The zero-order valence-corrected chi connectivity index (χ0v) is 9.29. The van der Waals surface area contributed by atoms with E-state index in [1.165, 1.54) is 17.5 Å². The van der Waals surface area contributed by atoms with E-state index in [-0.39, 0.29) is 0 Å². The Morgan fingerprint density at radius 3 is 2.43 bits per heavy atom. The highest BCUT2D eigenvalue weighted by Gasteiger charge is 2.01. The monoisotopic (exact) mass is 188 g/mol. The van der Waals surface area contributed by atoms with Crippen LogP contribution in [0.1, 0.15) is 43.7 Å². The molecule has 0 fully saturated rings. The average Bonchev–Trinajstić information content (AvgIpc) is 2.26. The second-order valence-corrected chi connectivity index (χ2v) is 3.88. The van der Waals surface area contributed by atoms with Crippen molar-refractivity contribution in [2.45, 2.75) is 39.0 Å². The van der Waals surface area contributed by atoms with Crippen molar-refractivity contribution in [3.05, 3.63) is 48.0 Å². The van der Waals surface area contributed by atoms with Crippen LogP contribution in [0.15, 0.2) is 36.9 Å². The third-order valence-corrected chi connectivity index (χ3v) is 2.80. The first-order valence-corrected chi connectivity index (χ1v) is 5.47. The smallest absolute Gasteiger partial charge is 0.0193 e. The predicted octanol–water partition coefficient (Wildman–Crippen LogP) is 4.32. The quantitative estimate of drug-likeness (QED) is 0.604. The van der Waals surface area contributed by atoms with Crippen molar-refractivity contribution in [1.82, 2.24) is 0 Å². The van der Waals surface area contributed by atoms with Gasteiger partial charge in [-0.05, 0) is 36.3 Å². The number of benzene rings is 1. The highest BCUT2D eigenvalue weighted by Crippen LogP contribution is 2.19. The molecular formula is C14H20. The van der Waals surface area contributed by atoms with Crippen molar-refractivity contribution in [1.29, 1.82) is 0 Å². The highest BCUT2D eigenvalue weighted by atomic mass is 14.1. The van der Waals surface area contributed by atoms with E-state index in [4.69, 9.17) is 0 Å². The van der Waals surface area contributed by atoms with Crippen molar-refractivity contribution in [3.8, 4) is 0 Å². The third-order valence-electron chi connectivity index (χ3n) is 2.80. The molecule has 0 amide bonds. The lowest BCUT2D eigenvalue weighted by Gasteiger charge is -2.09. The Hall–Kier alpha value is -1.04. The van der Waals surface area contributed by atoms with Crippen molar-refractivity contribution >= 4 is 0 Å². The van der Waals surface area contributed by atoms with Gasteiger partial charge in [0.1, 0.15) is 0 Å². The lowest BCUT2D eigenvalue weighted by atomic mass is 9.97. The predicted molar refractivity (Wildman–Crippen MR) is 63.7 cm³/mol. The molecule has 0 heterocycles. The minimum atomic E-state index is 0.684. The van der Waals surface area contributed by atoms with Crippen LogP contribution in [0.2, 0.25) is 0 Å². The molecule has 0 heteroatoms. The van der Waals surface area contributed by atoms with Crippen LogP contribution < -0.4 is 0 Å². The number of aryl methyl sites for hydroxylation is 1. The molecule has 0 N–H and O–H groups in total. The van der Waals surface area contributed by atoms with Gasteiger partial charge in [-0.25, -0.2) is 0 Å². The summed E-state index contributed by atoms with van der Waals surface area (Å²) in [6.45, 7) is 8.24. The van der Waals surface area contributed by atoms with Crippen LogP contribution in [-0.4, -0.2) is 0 Å². The minimum Gasteiger partial charge on any atom is -0.103 e. The zero-order chi connectivity index (χ0) is 10.4. The number of hydrogen-bond acceptors (Lipinski definition) is 0. The van der Waals surface area contributed by atoms with Crippen molar-refractivity contribution in [3.63, 3.8) is 0 Å². The summed E-state index contributed by atoms with van der Waals surface area (Å²) >= 11 is 0. The SMILES string of the molecule is C=CCCc1ccc(C(C)CC)cc1. The van der Waals surface area contributed by atoms with Gasteiger partial charge < -0.3 is 0 Å². The second-order valence-electron chi connectivity index (χ2n) is 3.88. The van der Waals surface area contributed by atoms with Crippen molar-refractivity contribution in [2.75, 3.05) is 0 Å². The topological polar surface area (TPSA) is 0 Å². The molecule has 0 aliphatic carbocycles. The summed E-state index contributed by atoms with van der Waals surface area (Å²) in [6, 6.07) is 9.00. The molecule has 0 saturated heterocycles. The van der Waals surface area contributed by atoms with Gasteiger partial charge in [0.25, 0.3) is 0 Å². The summed E-state index contributed by atoms with van der Waals surface area (Å²) in [4.78, 5) is 0. The van der Waals surface area contributed by atoms with Crippen molar-refractivity contribution in [2.24, 2.45) is 0 Å². The molecular weight excluding hydrogens is 168 g/mol. The molecule has 0 spiro atoms. The maximum atomic E-state index is 3.73. The summed E-state index contributed by atoms with van der Waals surface area (Å²) in [5, 5.41) is 0. The van der Waals surface area contributed by atoms with Crippen LogP contribution in [0.25, 0.3) is 0 Å². The van der Waals surface area contributed by atoms with Crippen LogP contribution in [-0.2, 0) is 6.42 Å². The van der Waals surface area contributed by atoms with Gasteiger partial charge in [0.15, 0.2) is 0 Å². The van der Waals surface area contributed by atoms with Gasteiger partial charge in [0, 0.05) is 0 Å². The van der Waals surface area contributed by atoms with Crippen LogP contribution in [0.5, 0.6) is 0 Å². The maximum Gasteiger partial charge on any atom is -0.0193 e. The van der Waals surface area contributed by atoms with Crippen LogP contribution in [0, 0.1) is 0 Å². The van der Waals surface area contributed by atoms with E-state index in [0.717, 1.165) is 12.8 Å². The molecule has 76 valence electrons. The molecule has 0 aliphatic heterocycles. The normalized spacial score (nSPS) is 12.4. The Kier molecular flexibility index (Phi) is 4.45. The Morgan fingerprint density at radius 1 is 1.29 bits per heavy atom. The highest BCUT2D eigenvalue weighted by molar-refractivity contribution is 5.25. The molecule has 1 aromatic carbocycles. The van der Waals surface area contributed by atoms with Gasteiger partial charge in [-0.2, -0.15) is 0 Å². The number of allylic oxidation sites excluding steroid dienone is 1. The lowest BCUT2D eigenvalue weighted by molar-refractivity contribution is 0.733. The molecule has 1 unspecified atom stereocenters. The Labute approximate surface area is 87.7 Å². The van der Waals surface area contributed by atoms with E-state index >= 15 is 0 Å². The summed E-state index contributed by atoms with van der Waals surface area (Å²) < 4.78 is 0. The fourth-order valence-electron chi connectivity index (χ4n) is 1.52. The van der Waals surface area contributed by atoms with Gasteiger partial charge in [-0.15, -0.1) is 6.58 Å². The Bertz CT molecular complexity index is 269. The average molecular weight is 188 g/mol. The zero-order valence-electron chi connectivity index (χ0n) is 9.29. The first-order valence-electron chi connectivity index (χ1n) is 5.47. The van der Waals surface area contributed by atoms with E-state index in [9.17, 15) is 0 Å². The number of hydrogen-bond donors (Lipinski definition) is 0. The molecule has 0 saturated carbocycles. The Morgan fingerprint density at radius 2 is 1.93 bits per heavy atom. The van der Waals surface area contributed by atoms with Gasteiger partial charge in [-0.3, -0.25) is 0 Å². The van der Waals surface area contributed by atoms with Crippen LogP contribution in [0.3, 0.4) is 0 Å². The molecule has 1 aromatic rings. The van der Waals surface area contributed by atoms with E-state index in [1.54, 1.807) is 0 Å². The number of rotatable bonds is 5. The minimum absolute atomic E-state index is 0.684. The fraction of sp³-hybridized carbons (Fsp3) is 0.429. The van der Waals surface area contributed by atoms with E-state index in [1.807, 2.05) is 6.08 Å². The van der Waals surface area contributed by atoms with Gasteiger partial charge in [0.2, 0.25) is 0 Å².